The second-order valence-electron chi connectivity index (χ2n) is 10.9. The number of pyridine rings is 1. The van der Waals surface area contributed by atoms with Crippen molar-refractivity contribution in [2.75, 3.05) is 48.8 Å². The zero-order chi connectivity index (χ0) is 28.5. The van der Waals surface area contributed by atoms with Crippen molar-refractivity contribution in [2.45, 2.75) is 32.6 Å². The number of aromatic nitrogens is 3. The number of carbonyl (C=O) groups is 1. The molecule has 0 saturated carbocycles. The lowest BCUT2D eigenvalue weighted by Crippen LogP contribution is -2.44. The lowest BCUT2D eigenvalue weighted by atomic mass is 9.99. The summed E-state index contributed by atoms with van der Waals surface area (Å²) in [6, 6.07) is 13.5. The molecule has 9 nitrogen and oxygen atoms in total. The highest BCUT2D eigenvalue weighted by atomic mass is 32.1. The molecule has 0 bridgehead atoms. The SMILES string of the molecule is Cc1c(NC(=O)c2cc3c(s2)CCCC3)cccc1-c1cc(Nc2ccc(N3CCN(C)CC3)nn2)c(=O)n(C)c1. The van der Waals surface area contributed by atoms with E-state index in [9.17, 15) is 9.59 Å². The van der Waals surface area contributed by atoms with Gasteiger partial charge in [0.15, 0.2) is 11.6 Å². The number of amides is 1. The Morgan fingerprint density at radius 1 is 0.951 bits per heavy atom. The van der Waals surface area contributed by atoms with Crippen molar-refractivity contribution >= 4 is 40.3 Å². The molecule has 6 rings (SSSR count). The minimum atomic E-state index is -0.164. The van der Waals surface area contributed by atoms with Crippen molar-refractivity contribution in [2.24, 2.45) is 7.05 Å². The van der Waals surface area contributed by atoms with E-state index in [4.69, 9.17) is 0 Å². The van der Waals surface area contributed by atoms with E-state index >= 15 is 0 Å². The number of nitrogens with one attached hydrogen (secondary N) is 2. The van der Waals surface area contributed by atoms with Crippen LogP contribution in [0.4, 0.5) is 23.0 Å². The Kier molecular flexibility index (Phi) is 7.59. The topological polar surface area (TPSA) is 95.4 Å². The summed E-state index contributed by atoms with van der Waals surface area (Å²) in [5.41, 5.74) is 5.05. The summed E-state index contributed by atoms with van der Waals surface area (Å²) >= 11 is 1.61. The van der Waals surface area contributed by atoms with Crippen molar-refractivity contribution in [1.29, 1.82) is 0 Å². The normalized spacial score (nSPS) is 15.4. The molecule has 4 heterocycles. The largest absolute Gasteiger partial charge is 0.353 e. The number of aryl methyl sites for hydroxylation is 3. The fourth-order valence-electron chi connectivity index (χ4n) is 5.55. The molecule has 4 aromatic rings. The minimum Gasteiger partial charge on any atom is -0.353 e. The van der Waals surface area contributed by atoms with Crippen LogP contribution in [0.25, 0.3) is 11.1 Å². The molecule has 1 aliphatic heterocycles. The number of hydrogen-bond donors (Lipinski definition) is 2. The Labute approximate surface area is 243 Å². The van der Waals surface area contributed by atoms with Gasteiger partial charge in [-0.1, -0.05) is 12.1 Å². The highest BCUT2D eigenvalue weighted by Gasteiger charge is 2.19. The van der Waals surface area contributed by atoms with Crippen LogP contribution in [0, 0.1) is 6.92 Å². The lowest BCUT2D eigenvalue weighted by Gasteiger charge is -2.32. The molecule has 1 fully saturated rings. The Balaban J connectivity index is 1.22. The van der Waals surface area contributed by atoms with Crippen LogP contribution in [-0.2, 0) is 19.9 Å². The van der Waals surface area contributed by atoms with Crippen LogP contribution in [0.15, 0.2) is 53.5 Å². The third-order valence-electron chi connectivity index (χ3n) is 8.04. The maximum Gasteiger partial charge on any atom is 0.274 e. The van der Waals surface area contributed by atoms with Gasteiger partial charge in [0.2, 0.25) is 0 Å². The summed E-state index contributed by atoms with van der Waals surface area (Å²) in [5, 5.41) is 15.0. The summed E-state index contributed by atoms with van der Waals surface area (Å²) < 4.78 is 1.56. The van der Waals surface area contributed by atoms with Gasteiger partial charge in [0, 0.05) is 55.6 Å². The lowest BCUT2D eigenvalue weighted by molar-refractivity contribution is 0.103. The molecule has 212 valence electrons. The predicted octanol–water partition coefficient (Wildman–Crippen LogP) is 4.84. The molecular formula is C31H35N7O2S. The van der Waals surface area contributed by atoms with Gasteiger partial charge >= 0.3 is 0 Å². The van der Waals surface area contributed by atoms with Gasteiger partial charge in [-0.2, -0.15) is 0 Å². The zero-order valence-corrected chi connectivity index (χ0v) is 24.6. The fraction of sp³-hybridized carbons (Fsp3) is 0.355. The third-order valence-corrected chi connectivity index (χ3v) is 9.27. The van der Waals surface area contributed by atoms with Crippen LogP contribution in [-0.4, -0.2) is 58.8 Å². The molecule has 10 heteroatoms. The molecule has 0 radical (unpaired) electrons. The predicted molar refractivity (Wildman–Crippen MR) is 166 cm³/mol. The van der Waals surface area contributed by atoms with Crippen LogP contribution >= 0.6 is 11.3 Å². The first-order valence-corrected chi connectivity index (χ1v) is 15.0. The number of carbonyl (C=O) groups excluding carboxylic acids is 1. The number of rotatable bonds is 6. The maximum atomic E-state index is 13.2. The Morgan fingerprint density at radius 2 is 1.76 bits per heavy atom. The molecule has 1 amide bonds. The molecule has 2 aliphatic rings. The molecule has 3 aromatic heterocycles. The van der Waals surface area contributed by atoms with Gasteiger partial charge in [-0.25, -0.2) is 0 Å². The smallest absolute Gasteiger partial charge is 0.274 e. The molecule has 0 atom stereocenters. The van der Waals surface area contributed by atoms with Crippen molar-refractivity contribution in [3.63, 3.8) is 0 Å². The van der Waals surface area contributed by atoms with Crippen LogP contribution < -0.4 is 21.1 Å². The minimum absolute atomic E-state index is 0.0777. The number of nitrogens with zero attached hydrogens (tertiary/aromatic N) is 5. The van der Waals surface area contributed by atoms with Crippen molar-refractivity contribution < 1.29 is 4.79 Å². The molecule has 1 aliphatic carbocycles. The van der Waals surface area contributed by atoms with E-state index in [0.29, 0.717) is 11.5 Å². The van der Waals surface area contributed by atoms with Crippen molar-refractivity contribution in [1.82, 2.24) is 19.7 Å². The monoisotopic (exact) mass is 569 g/mol. The van der Waals surface area contributed by atoms with E-state index in [1.54, 1.807) is 23.0 Å². The highest BCUT2D eigenvalue weighted by molar-refractivity contribution is 7.14. The van der Waals surface area contributed by atoms with Gasteiger partial charge in [0.1, 0.15) is 5.69 Å². The number of benzene rings is 1. The van der Waals surface area contributed by atoms with Gasteiger partial charge in [-0.05, 0) is 86.7 Å². The molecule has 0 unspecified atom stereocenters. The first-order valence-electron chi connectivity index (χ1n) is 14.1. The second-order valence-corrected chi connectivity index (χ2v) is 12.1. The van der Waals surface area contributed by atoms with E-state index in [-0.39, 0.29) is 11.5 Å². The first-order chi connectivity index (χ1) is 19.9. The summed E-state index contributed by atoms with van der Waals surface area (Å²) in [6.07, 6.45) is 6.33. The number of piperazine rings is 1. The summed E-state index contributed by atoms with van der Waals surface area (Å²) in [5.74, 6) is 1.27. The average Bonchev–Trinajstić information content (AvgIpc) is 3.42. The van der Waals surface area contributed by atoms with Crippen molar-refractivity contribution in [3.8, 4) is 11.1 Å². The van der Waals surface area contributed by atoms with Gasteiger partial charge in [0.05, 0.1) is 4.88 Å². The zero-order valence-electron chi connectivity index (χ0n) is 23.7. The maximum absolute atomic E-state index is 13.2. The summed E-state index contributed by atoms with van der Waals surface area (Å²) in [4.78, 5) is 32.8. The third kappa shape index (κ3) is 5.75. The molecular weight excluding hydrogens is 534 g/mol. The van der Waals surface area contributed by atoms with Gasteiger partial charge in [0.25, 0.3) is 11.5 Å². The summed E-state index contributed by atoms with van der Waals surface area (Å²) in [7, 11) is 3.85. The number of fused-ring (bicyclic) bond motifs is 1. The Hall–Kier alpha value is -4.02. The van der Waals surface area contributed by atoms with Crippen LogP contribution in [0.5, 0.6) is 0 Å². The van der Waals surface area contributed by atoms with E-state index in [1.165, 1.54) is 23.3 Å². The van der Waals surface area contributed by atoms with Crippen LogP contribution in [0.3, 0.4) is 0 Å². The number of anilines is 4. The molecule has 41 heavy (non-hydrogen) atoms. The van der Waals surface area contributed by atoms with Crippen LogP contribution in [0.2, 0.25) is 0 Å². The number of hydrogen-bond acceptors (Lipinski definition) is 8. The van der Waals surface area contributed by atoms with E-state index in [2.05, 4.69) is 43.7 Å². The number of likely N-dealkylation sites (N-methyl/N-ethyl adjacent to an activating group) is 1. The Morgan fingerprint density at radius 3 is 2.51 bits per heavy atom. The van der Waals surface area contributed by atoms with E-state index < -0.39 is 0 Å². The van der Waals surface area contributed by atoms with Crippen molar-refractivity contribution in [3.05, 3.63) is 79.9 Å². The quantitative estimate of drug-likeness (QED) is 0.343. The summed E-state index contributed by atoms with van der Waals surface area (Å²) in [6.45, 7) is 5.80. The Bertz CT molecular complexity index is 1610. The molecule has 0 spiro atoms. The highest BCUT2D eigenvalue weighted by Crippen LogP contribution is 2.32. The van der Waals surface area contributed by atoms with E-state index in [1.807, 2.05) is 49.5 Å². The molecule has 1 aromatic carbocycles. The fourth-order valence-corrected chi connectivity index (χ4v) is 6.70. The average molecular weight is 570 g/mol. The second kappa shape index (κ2) is 11.5. The van der Waals surface area contributed by atoms with Gasteiger partial charge < -0.3 is 25.0 Å². The van der Waals surface area contributed by atoms with Gasteiger partial charge in [-0.3, -0.25) is 9.59 Å². The van der Waals surface area contributed by atoms with Gasteiger partial charge in [-0.15, -0.1) is 21.5 Å². The molecule has 1 saturated heterocycles. The molecule has 2 N–H and O–H groups in total. The van der Waals surface area contributed by atoms with Crippen LogP contribution in [0.1, 0.15) is 38.5 Å². The number of thiophene rings is 1. The standard InChI is InChI=1S/C31H35N7O2S/c1-20-23(8-6-9-24(20)33-30(39)27-18-21-7-4-5-10-26(21)41-27)22-17-25(31(40)37(3)19-22)32-28-11-12-29(35-34-28)38-15-13-36(2)14-16-38/h6,8-9,11-12,17-19H,4-5,7,10,13-16H2,1-3H3,(H,32,34)(H,33,39). The van der Waals surface area contributed by atoms with E-state index in [0.717, 1.165) is 72.1 Å². The first kappa shape index (κ1) is 27.2.